The number of amides is 2. The van der Waals surface area contributed by atoms with Gasteiger partial charge in [-0.2, -0.15) is 0 Å². The largest absolute Gasteiger partial charge is 0.481 e. The zero-order chi connectivity index (χ0) is 13.6. The third-order valence-corrected chi connectivity index (χ3v) is 3.35. The van der Waals surface area contributed by atoms with Crippen LogP contribution < -0.4 is 10.6 Å². The molecule has 0 radical (unpaired) electrons. The average Bonchev–Trinajstić information content (AvgIpc) is 3.07. The number of nitrogens with one attached hydrogen (secondary N) is 2. The van der Waals surface area contributed by atoms with Crippen molar-refractivity contribution in [3.05, 3.63) is 0 Å². The third-order valence-electron chi connectivity index (χ3n) is 3.35. The van der Waals surface area contributed by atoms with E-state index in [2.05, 4.69) is 10.6 Å². The van der Waals surface area contributed by atoms with Gasteiger partial charge in [-0.15, -0.1) is 0 Å². The Hall–Kier alpha value is -1.26. The van der Waals surface area contributed by atoms with Crippen LogP contribution in [0.5, 0.6) is 0 Å². The molecule has 1 rings (SSSR count). The van der Waals surface area contributed by atoms with Crippen molar-refractivity contribution in [1.29, 1.82) is 0 Å². The Morgan fingerprint density at radius 1 is 1.22 bits per heavy atom. The first-order chi connectivity index (χ1) is 8.39. The molecule has 5 nitrogen and oxygen atoms in total. The van der Waals surface area contributed by atoms with Gasteiger partial charge in [0, 0.05) is 19.5 Å². The molecule has 18 heavy (non-hydrogen) atoms. The van der Waals surface area contributed by atoms with Gasteiger partial charge < -0.3 is 15.7 Å². The Kier molecular flexibility index (Phi) is 5.44. The fraction of sp³-hybridized carbons (Fsp3) is 0.846. The van der Waals surface area contributed by atoms with Gasteiger partial charge in [0.1, 0.15) is 0 Å². The number of hydrogen-bond acceptors (Lipinski definition) is 2. The molecule has 3 N–H and O–H groups in total. The summed E-state index contributed by atoms with van der Waals surface area (Å²) in [6.07, 6.45) is 4.05. The van der Waals surface area contributed by atoms with Gasteiger partial charge in [0.15, 0.2) is 0 Å². The highest BCUT2D eigenvalue weighted by Gasteiger charge is 2.22. The number of carbonyl (C=O) groups is 2. The second-order valence-electron chi connectivity index (χ2n) is 5.89. The van der Waals surface area contributed by atoms with Gasteiger partial charge in [0.2, 0.25) is 0 Å². The number of carboxylic acid groups (broad SMARTS) is 1. The lowest BCUT2D eigenvalue weighted by Gasteiger charge is -2.23. The van der Waals surface area contributed by atoms with Crippen molar-refractivity contribution in [3.8, 4) is 0 Å². The maximum absolute atomic E-state index is 11.4. The van der Waals surface area contributed by atoms with Gasteiger partial charge in [-0.3, -0.25) is 4.79 Å². The predicted molar refractivity (Wildman–Crippen MR) is 69.4 cm³/mol. The van der Waals surface area contributed by atoms with Gasteiger partial charge in [-0.05, 0) is 37.0 Å². The molecular formula is C13H24N2O3. The van der Waals surface area contributed by atoms with Crippen molar-refractivity contribution in [1.82, 2.24) is 10.6 Å². The number of rotatable bonds is 8. The molecule has 0 spiro atoms. The molecule has 0 heterocycles. The lowest BCUT2D eigenvalue weighted by atomic mass is 9.84. The highest BCUT2D eigenvalue weighted by molar-refractivity contribution is 5.73. The van der Waals surface area contributed by atoms with Gasteiger partial charge in [0.25, 0.3) is 0 Å². The average molecular weight is 256 g/mol. The van der Waals surface area contributed by atoms with Crippen LogP contribution in [0.4, 0.5) is 4.79 Å². The van der Waals surface area contributed by atoms with Crippen LogP contribution in [0.1, 0.15) is 46.0 Å². The zero-order valence-corrected chi connectivity index (χ0v) is 11.3. The van der Waals surface area contributed by atoms with E-state index in [9.17, 15) is 9.59 Å². The number of carboxylic acids is 1. The number of hydrogen-bond donors (Lipinski definition) is 3. The normalized spacial score (nSPS) is 15.2. The van der Waals surface area contributed by atoms with E-state index in [1.807, 2.05) is 13.8 Å². The van der Waals surface area contributed by atoms with Crippen molar-refractivity contribution >= 4 is 12.0 Å². The van der Waals surface area contributed by atoms with E-state index < -0.39 is 5.97 Å². The maximum atomic E-state index is 11.4. The SMILES string of the molecule is CC(C)(CCNC(=O)NCC1CC1)CCC(=O)O. The van der Waals surface area contributed by atoms with Gasteiger partial charge in [-0.1, -0.05) is 13.8 Å². The molecule has 1 aliphatic carbocycles. The minimum absolute atomic E-state index is 0.0534. The summed E-state index contributed by atoms with van der Waals surface area (Å²) in [5.41, 5.74) is -0.0534. The Morgan fingerprint density at radius 2 is 1.89 bits per heavy atom. The first-order valence-corrected chi connectivity index (χ1v) is 6.62. The summed E-state index contributed by atoms with van der Waals surface area (Å²) in [5, 5.41) is 14.3. The summed E-state index contributed by atoms with van der Waals surface area (Å²) in [6, 6.07) is -0.115. The topological polar surface area (TPSA) is 78.4 Å². The van der Waals surface area contributed by atoms with E-state index in [0.717, 1.165) is 13.0 Å². The van der Waals surface area contributed by atoms with Crippen LogP contribution >= 0.6 is 0 Å². The van der Waals surface area contributed by atoms with Crippen molar-refractivity contribution in [2.45, 2.75) is 46.0 Å². The van der Waals surface area contributed by atoms with Crippen molar-refractivity contribution < 1.29 is 14.7 Å². The summed E-state index contributed by atoms with van der Waals surface area (Å²) < 4.78 is 0. The molecule has 0 aromatic heterocycles. The number of urea groups is 1. The van der Waals surface area contributed by atoms with E-state index in [4.69, 9.17) is 5.11 Å². The van der Waals surface area contributed by atoms with Crippen LogP contribution in [0.3, 0.4) is 0 Å². The quantitative estimate of drug-likeness (QED) is 0.621. The van der Waals surface area contributed by atoms with Crippen LogP contribution in [0.15, 0.2) is 0 Å². The van der Waals surface area contributed by atoms with Crippen LogP contribution in [0.25, 0.3) is 0 Å². The molecule has 1 aliphatic rings. The lowest BCUT2D eigenvalue weighted by Crippen LogP contribution is -2.38. The monoisotopic (exact) mass is 256 g/mol. The molecule has 0 aromatic rings. The smallest absolute Gasteiger partial charge is 0.314 e. The fourth-order valence-electron chi connectivity index (χ4n) is 1.71. The molecule has 2 amide bonds. The van der Waals surface area contributed by atoms with Crippen molar-refractivity contribution in [2.75, 3.05) is 13.1 Å². The molecule has 0 saturated heterocycles. The van der Waals surface area contributed by atoms with E-state index in [1.54, 1.807) is 0 Å². The summed E-state index contributed by atoms with van der Waals surface area (Å²) in [7, 11) is 0. The molecule has 5 heteroatoms. The highest BCUT2D eigenvalue weighted by Crippen LogP contribution is 2.27. The number of carbonyl (C=O) groups excluding carboxylic acids is 1. The molecule has 0 aliphatic heterocycles. The summed E-state index contributed by atoms with van der Waals surface area (Å²) in [6.45, 7) is 5.41. The standard InChI is InChI=1S/C13H24N2O3/c1-13(2,6-5-11(16)17)7-8-14-12(18)15-9-10-3-4-10/h10H,3-9H2,1-2H3,(H,16,17)(H2,14,15,18). The molecule has 0 unspecified atom stereocenters. The molecular weight excluding hydrogens is 232 g/mol. The van der Waals surface area contributed by atoms with Crippen LogP contribution in [-0.4, -0.2) is 30.2 Å². The minimum Gasteiger partial charge on any atom is -0.481 e. The van der Waals surface area contributed by atoms with Gasteiger partial charge in [0.05, 0.1) is 0 Å². The first-order valence-electron chi connectivity index (χ1n) is 6.62. The van der Waals surface area contributed by atoms with Crippen LogP contribution in [-0.2, 0) is 4.79 Å². The van der Waals surface area contributed by atoms with Crippen LogP contribution in [0.2, 0.25) is 0 Å². The Balaban J connectivity index is 2.06. The zero-order valence-electron chi connectivity index (χ0n) is 11.3. The van der Waals surface area contributed by atoms with E-state index in [0.29, 0.717) is 18.9 Å². The molecule has 0 bridgehead atoms. The molecule has 1 fully saturated rings. The highest BCUT2D eigenvalue weighted by atomic mass is 16.4. The van der Waals surface area contributed by atoms with Gasteiger partial charge in [-0.25, -0.2) is 4.79 Å². The summed E-state index contributed by atoms with van der Waals surface area (Å²) in [4.78, 5) is 21.9. The predicted octanol–water partition coefficient (Wildman–Crippen LogP) is 1.98. The third kappa shape index (κ3) is 7.14. The fourth-order valence-corrected chi connectivity index (χ4v) is 1.71. The molecule has 1 saturated carbocycles. The lowest BCUT2D eigenvalue weighted by molar-refractivity contribution is -0.137. The second kappa shape index (κ2) is 6.61. The van der Waals surface area contributed by atoms with Crippen LogP contribution in [0, 0.1) is 11.3 Å². The minimum atomic E-state index is -0.766. The Morgan fingerprint density at radius 3 is 2.44 bits per heavy atom. The molecule has 104 valence electrons. The maximum Gasteiger partial charge on any atom is 0.314 e. The summed E-state index contributed by atoms with van der Waals surface area (Å²) in [5.74, 6) is -0.0824. The van der Waals surface area contributed by atoms with E-state index in [1.165, 1.54) is 12.8 Å². The van der Waals surface area contributed by atoms with Crippen molar-refractivity contribution in [2.24, 2.45) is 11.3 Å². The Bertz CT molecular complexity index is 299. The van der Waals surface area contributed by atoms with E-state index >= 15 is 0 Å². The Labute approximate surface area is 108 Å². The second-order valence-corrected chi connectivity index (χ2v) is 5.89. The number of aliphatic carboxylic acids is 1. The van der Waals surface area contributed by atoms with Gasteiger partial charge >= 0.3 is 12.0 Å². The first kappa shape index (κ1) is 14.8. The summed E-state index contributed by atoms with van der Waals surface area (Å²) >= 11 is 0. The molecule has 0 aromatic carbocycles. The van der Waals surface area contributed by atoms with E-state index in [-0.39, 0.29) is 17.9 Å². The van der Waals surface area contributed by atoms with Crippen molar-refractivity contribution in [3.63, 3.8) is 0 Å². The molecule has 0 atom stereocenters.